The fraction of sp³-hybridized carbons (Fsp3) is 0.250. The summed E-state index contributed by atoms with van der Waals surface area (Å²) in [7, 11) is -3.35. The molecule has 0 N–H and O–H groups in total. The Bertz CT molecular complexity index is 223. The highest BCUT2D eigenvalue weighted by atomic mass is 31.2. The fourth-order valence-corrected chi connectivity index (χ4v) is 1.24. The molecule has 0 aliphatic heterocycles. The lowest BCUT2D eigenvalue weighted by atomic mass is 10.7. The molecule has 0 unspecified atom stereocenters. The first-order valence-electron chi connectivity index (χ1n) is 3.27. The lowest BCUT2D eigenvalue weighted by molar-refractivity contribution is 0.248. The van der Waals surface area contributed by atoms with E-state index in [1.807, 2.05) is 5.66 Å². The van der Waals surface area contributed by atoms with Crippen molar-refractivity contribution in [2.75, 3.05) is 13.2 Å². The molecule has 12 heavy (non-hydrogen) atoms. The van der Waals surface area contributed by atoms with Crippen LogP contribution in [-0.4, -0.2) is 13.2 Å². The second-order valence-electron chi connectivity index (χ2n) is 1.80. The topological polar surface area (TPSA) is 35.5 Å². The molecule has 3 nitrogen and oxygen atoms in total. The van der Waals surface area contributed by atoms with Crippen molar-refractivity contribution in [3.63, 3.8) is 0 Å². The maximum absolute atomic E-state index is 11.3. The lowest BCUT2D eigenvalue weighted by Crippen LogP contribution is -1.93. The van der Waals surface area contributed by atoms with Crippen LogP contribution >= 0.6 is 7.60 Å². The van der Waals surface area contributed by atoms with Crippen LogP contribution in [0.3, 0.4) is 0 Å². The van der Waals surface area contributed by atoms with Crippen molar-refractivity contribution < 1.29 is 13.6 Å². The van der Waals surface area contributed by atoms with E-state index in [4.69, 9.17) is 15.5 Å². The summed E-state index contributed by atoms with van der Waals surface area (Å²) in [6, 6.07) is 0. The average molecular weight is 186 g/mol. The monoisotopic (exact) mass is 186 g/mol. The smallest absolute Gasteiger partial charge is 0.295 e. The Morgan fingerprint density at radius 1 is 1.33 bits per heavy atom. The summed E-state index contributed by atoms with van der Waals surface area (Å²) >= 11 is 0. The Labute approximate surface area is 72.6 Å². The van der Waals surface area contributed by atoms with Crippen LogP contribution in [-0.2, 0) is 13.6 Å². The van der Waals surface area contributed by atoms with Crippen molar-refractivity contribution >= 4 is 7.60 Å². The molecule has 0 rings (SSSR count). The molecule has 0 heterocycles. The molecule has 0 aromatic rings. The molecule has 0 aromatic heterocycles. The molecule has 0 aliphatic rings. The first-order valence-corrected chi connectivity index (χ1v) is 4.81. The second kappa shape index (κ2) is 5.79. The summed E-state index contributed by atoms with van der Waals surface area (Å²) in [6.07, 6.45) is 7.85. The molecule has 0 saturated heterocycles. The van der Waals surface area contributed by atoms with E-state index in [0.717, 1.165) is 0 Å². The van der Waals surface area contributed by atoms with Gasteiger partial charge in [0.05, 0.1) is 13.2 Å². The zero-order valence-electron chi connectivity index (χ0n) is 6.73. The van der Waals surface area contributed by atoms with Crippen LogP contribution in [0.1, 0.15) is 0 Å². The molecule has 0 spiro atoms. The summed E-state index contributed by atoms with van der Waals surface area (Å²) in [6.45, 7) is 7.00. The number of rotatable bonds is 6. The molecule has 0 radical (unpaired) electrons. The van der Waals surface area contributed by atoms with Gasteiger partial charge in [-0.05, 0) is 0 Å². The standard InChI is InChI=1S/C8H11O3P/c1-4-7-10-12(9,6-3)11-8-5-2/h3-5H,1-2,7-8H2. The zero-order valence-corrected chi connectivity index (χ0v) is 7.63. The van der Waals surface area contributed by atoms with E-state index in [2.05, 4.69) is 13.2 Å². The Balaban J connectivity index is 4.07. The molecule has 66 valence electrons. The van der Waals surface area contributed by atoms with E-state index >= 15 is 0 Å². The minimum Gasteiger partial charge on any atom is -0.295 e. The maximum Gasteiger partial charge on any atom is 0.405 e. The minimum absolute atomic E-state index is 0.110. The van der Waals surface area contributed by atoms with Crippen molar-refractivity contribution in [3.05, 3.63) is 25.3 Å². The van der Waals surface area contributed by atoms with Gasteiger partial charge >= 0.3 is 7.60 Å². The van der Waals surface area contributed by atoms with Crippen molar-refractivity contribution in [1.29, 1.82) is 0 Å². The fourth-order valence-electron chi connectivity index (χ4n) is 0.413. The van der Waals surface area contributed by atoms with Gasteiger partial charge in [0.25, 0.3) is 0 Å². The van der Waals surface area contributed by atoms with Gasteiger partial charge in [-0.25, -0.2) is 4.57 Å². The third-order valence-electron chi connectivity index (χ3n) is 0.883. The predicted molar refractivity (Wildman–Crippen MR) is 48.7 cm³/mol. The van der Waals surface area contributed by atoms with Gasteiger partial charge in [0.15, 0.2) is 0 Å². The molecule has 0 amide bonds. The lowest BCUT2D eigenvalue weighted by Gasteiger charge is -2.09. The predicted octanol–water partition coefficient (Wildman–Crippen LogP) is 2.18. The van der Waals surface area contributed by atoms with Crippen molar-refractivity contribution in [2.24, 2.45) is 0 Å². The van der Waals surface area contributed by atoms with Gasteiger partial charge in [-0.3, -0.25) is 9.05 Å². The normalized spacial score (nSPS) is 10.2. The largest absolute Gasteiger partial charge is 0.405 e. The Hall–Kier alpha value is -0.810. The van der Waals surface area contributed by atoms with Crippen molar-refractivity contribution in [2.45, 2.75) is 0 Å². The molecule has 0 atom stereocenters. The Morgan fingerprint density at radius 2 is 1.75 bits per heavy atom. The summed E-state index contributed by atoms with van der Waals surface area (Å²) in [4.78, 5) is 0. The van der Waals surface area contributed by atoms with E-state index < -0.39 is 7.60 Å². The number of hydrogen-bond donors (Lipinski definition) is 0. The quantitative estimate of drug-likeness (QED) is 0.362. The first-order chi connectivity index (χ1) is 5.68. The molecule has 0 bridgehead atoms. The van der Waals surface area contributed by atoms with Crippen LogP contribution in [0.5, 0.6) is 0 Å². The Kier molecular flexibility index (Phi) is 5.40. The van der Waals surface area contributed by atoms with Crippen molar-refractivity contribution in [3.8, 4) is 12.1 Å². The number of terminal acetylenes is 1. The van der Waals surface area contributed by atoms with Gasteiger partial charge in [0.2, 0.25) is 0 Å². The van der Waals surface area contributed by atoms with Crippen LogP contribution in [0.15, 0.2) is 25.3 Å². The van der Waals surface area contributed by atoms with E-state index in [9.17, 15) is 4.57 Å². The Morgan fingerprint density at radius 3 is 2.00 bits per heavy atom. The summed E-state index contributed by atoms with van der Waals surface area (Å²) in [5.41, 5.74) is 1.96. The minimum atomic E-state index is -3.35. The van der Waals surface area contributed by atoms with Gasteiger partial charge < -0.3 is 0 Å². The van der Waals surface area contributed by atoms with Gasteiger partial charge in [0.1, 0.15) is 0 Å². The average Bonchev–Trinajstić information content (AvgIpc) is 2.11. The van der Waals surface area contributed by atoms with E-state index in [1.165, 1.54) is 12.2 Å². The van der Waals surface area contributed by atoms with E-state index in [1.54, 1.807) is 0 Å². The van der Waals surface area contributed by atoms with Gasteiger partial charge in [-0.1, -0.05) is 12.2 Å². The van der Waals surface area contributed by atoms with Crippen LogP contribution in [0.4, 0.5) is 0 Å². The molecule has 0 saturated carbocycles. The van der Waals surface area contributed by atoms with Crippen LogP contribution in [0.2, 0.25) is 0 Å². The summed E-state index contributed by atoms with van der Waals surface area (Å²) < 4.78 is 20.8. The zero-order chi connectivity index (χ0) is 9.45. The molecule has 0 aromatic carbocycles. The van der Waals surface area contributed by atoms with Crippen molar-refractivity contribution in [1.82, 2.24) is 0 Å². The van der Waals surface area contributed by atoms with Crippen LogP contribution < -0.4 is 0 Å². The van der Waals surface area contributed by atoms with Gasteiger partial charge in [-0.15, -0.1) is 19.6 Å². The van der Waals surface area contributed by atoms with Crippen LogP contribution in [0, 0.1) is 12.1 Å². The SMILES string of the molecule is C#CP(=O)(OCC=C)OCC=C. The highest BCUT2D eigenvalue weighted by Gasteiger charge is 2.19. The van der Waals surface area contributed by atoms with Gasteiger partial charge in [-0.2, -0.15) is 0 Å². The summed E-state index contributed by atoms with van der Waals surface area (Å²) in [5, 5.41) is 0. The van der Waals surface area contributed by atoms with E-state index in [0.29, 0.717) is 0 Å². The first kappa shape index (κ1) is 11.2. The molecular formula is C8H11O3P. The van der Waals surface area contributed by atoms with E-state index in [-0.39, 0.29) is 13.2 Å². The third-order valence-corrected chi connectivity index (χ3v) is 2.18. The highest BCUT2D eigenvalue weighted by Crippen LogP contribution is 2.46. The molecule has 0 aliphatic carbocycles. The van der Waals surface area contributed by atoms with Crippen LogP contribution in [0.25, 0.3) is 0 Å². The summed E-state index contributed by atoms with van der Waals surface area (Å²) in [5.74, 6) is 0. The van der Waals surface area contributed by atoms with Gasteiger partial charge in [0, 0.05) is 5.66 Å². The number of hydrogen-bond acceptors (Lipinski definition) is 3. The highest BCUT2D eigenvalue weighted by molar-refractivity contribution is 7.59. The second-order valence-corrected chi connectivity index (χ2v) is 3.56. The molecule has 4 heteroatoms. The maximum atomic E-state index is 11.3. The molecular weight excluding hydrogens is 175 g/mol. The third kappa shape index (κ3) is 4.15. The molecule has 0 fully saturated rings.